The standard InChI is InChI=1S/C9H12N2O4S/c1-3-16(13,14)5-4-9(12)10-8-6-7(2)15-11-8/h3,6H,1,4-5H2,2H3,(H,10,11,12). The minimum absolute atomic E-state index is 0.139. The van der Waals surface area contributed by atoms with Crippen molar-refractivity contribution in [2.75, 3.05) is 11.1 Å². The van der Waals surface area contributed by atoms with Crippen LogP contribution >= 0.6 is 0 Å². The van der Waals surface area contributed by atoms with Gasteiger partial charge in [-0.3, -0.25) is 4.79 Å². The highest BCUT2D eigenvalue weighted by molar-refractivity contribution is 7.94. The molecule has 0 saturated heterocycles. The van der Waals surface area contributed by atoms with Gasteiger partial charge in [0.2, 0.25) is 5.91 Å². The molecule has 0 aliphatic carbocycles. The fourth-order valence-corrected chi connectivity index (χ4v) is 1.59. The lowest BCUT2D eigenvalue weighted by Crippen LogP contribution is -2.16. The van der Waals surface area contributed by atoms with Crippen molar-refractivity contribution in [3.8, 4) is 0 Å². The predicted molar refractivity (Wildman–Crippen MR) is 58.5 cm³/mol. The molecule has 0 fully saturated rings. The van der Waals surface area contributed by atoms with E-state index < -0.39 is 15.7 Å². The van der Waals surface area contributed by atoms with E-state index in [1.165, 1.54) is 0 Å². The zero-order chi connectivity index (χ0) is 12.2. The molecule has 0 aliphatic heterocycles. The van der Waals surface area contributed by atoms with Crippen molar-refractivity contribution in [3.63, 3.8) is 0 Å². The van der Waals surface area contributed by atoms with Gasteiger partial charge in [0.1, 0.15) is 5.76 Å². The second-order valence-corrected chi connectivity index (χ2v) is 5.22. The fraction of sp³-hybridized carbons (Fsp3) is 0.333. The highest BCUT2D eigenvalue weighted by atomic mass is 32.2. The first-order valence-corrected chi connectivity index (χ1v) is 6.23. The summed E-state index contributed by atoms with van der Waals surface area (Å²) in [6.45, 7) is 4.84. The van der Waals surface area contributed by atoms with E-state index in [1.54, 1.807) is 13.0 Å². The number of rotatable bonds is 5. The molecule has 1 amide bonds. The molecule has 1 aromatic rings. The highest BCUT2D eigenvalue weighted by Gasteiger charge is 2.11. The number of hydrogen-bond donors (Lipinski definition) is 1. The molecule has 1 N–H and O–H groups in total. The van der Waals surface area contributed by atoms with Gasteiger partial charge in [-0.1, -0.05) is 11.7 Å². The number of amides is 1. The number of aryl methyl sites for hydroxylation is 1. The van der Waals surface area contributed by atoms with Crippen LogP contribution in [0.1, 0.15) is 12.2 Å². The van der Waals surface area contributed by atoms with Crippen molar-refractivity contribution in [2.24, 2.45) is 0 Å². The summed E-state index contributed by atoms with van der Waals surface area (Å²) in [5.41, 5.74) is 0. The predicted octanol–water partition coefficient (Wildman–Crippen LogP) is 0.870. The fourth-order valence-electron chi connectivity index (χ4n) is 0.949. The molecular weight excluding hydrogens is 232 g/mol. The van der Waals surface area contributed by atoms with Gasteiger partial charge >= 0.3 is 0 Å². The van der Waals surface area contributed by atoms with Crippen LogP contribution in [0.15, 0.2) is 22.6 Å². The van der Waals surface area contributed by atoms with Crippen LogP contribution < -0.4 is 5.32 Å². The van der Waals surface area contributed by atoms with Gasteiger partial charge in [0.25, 0.3) is 0 Å². The lowest BCUT2D eigenvalue weighted by molar-refractivity contribution is -0.115. The number of carbonyl (C=O) groups is 1. The molecule has 0 saturated carbocycles. The van der Waals surface area contributed by atoms with Crippen LogP contribution in [0.2, 0.25) is 0 Å². The molecule has 1 rings (SSSR count). The molecular formula is C9H12N2O4S. The Balaban J connectivity index is 2.46. The molecule has 0 radical (unpaired) electrons. The van der Waals surface area contributed by atoms with Crippen molar-refractivity contribution < 1.29 is 17.7 Å². The largest absolute Gasteiger partial charge is 0.360 e. The summed E-state index contributed by atoms with van der Waals surface area (Å²) in [5, 5.41) is 6.79. The van der Waals surface area contributed by atoms with Gasteiger partial charge in [-0.05, 0) is 6.92 Å². The molecule has 6 nitrogen and oxygen atoms in total. The van der Waals surface area contributed by atoms with Crippen LogP contribution in [0.4, 0.5) is 5.82 Å². The van der Waals surface area contributed by atoms with Crippen LogP contribution in [0.3, 0.4) is 0 Å². The lowest BCUT2D eigenvalue weighted by Gasteiger charge is -1.99. The summed E-state index contributed by atoms with van der Waals surface area (Å²) in [6, 6.07) is 1.54. The molecule has 0 atom stereocenters. The number of aromatic nitrogens is 1. The van der Waals surface area contributed by atoms with Crippen molar-refractivity contribution in [3.05, 3.63) is 23.8 Å². The van der Waals surface area contributed by atoms with E-state index in [9.17, 15) is 13.2 Å². The quantitative estimate of drug-likeness (QED) is 0.830. The van der Waals surface area contributed by atoms with Crippen LogP contribution in [-0.4, -0.2) is 25.2 Å². The van der Waals surface area contributed by atoms with Gasteiger partial charge in [0.15, 0.2) is 15.7 Å². The Labute approximate surface area is 93.2 Å². The number of nitrogens with zero attached hydrogens (tertiary/aromatic N) is 1. The molecule has 1 aromatic heterocycles. The van der Waals surface area contributed by atoms with E-state index in [1.807, 2.05) is 0 Å². The lowest BCUT2D eigenvalue weighted by atomic mass is 10.4. The molecule has 1 heterocycles. The maximum Gasteiger partial charge on any atom is 0.226 e. The van der Waals surface area contributed by atoms with E-state index in [0.29, 0.717) is 5.76 Å². The van der Waals surface area contributed by atoms with Crippen LogP contribution in [0.25, 0.3) is 0 Å². The second-order valence-electron chi connectivity index (χ2n) is 3.15. The van der Waals surface area contributed by atoms with Gasteiger partial charge in [-0.2, -0.15) is 0 Å². The van der Waals surface area contributed by atoms with Crippen molar-refractivity contribution in [1.29, 1.82) is 0 Å². The number of sulfone groups is 1. The summed E-state index contributed by atoms with van der Waals surface area (Å²) >= 11 is 0. The Morgan fingerprint density at radius 1 is 1.69 bits per heavy atom. The van der Waals surface area contributed by atoms with Crippen LogP contribution in [-0.2, 0) is 14.6 Å². The molecule has 0 aliphatic rings. The van der Waals surface area contributed by atoms with Gasteiger partial charge < -0.3 is 9.84 Å². The molecule has 0 aromatic carbocycles. The SMILES string of the molecule is C=CS(=O)(=O)CCC(=O)Nc1cc(C)on1. The Kier molecular flexibility index (Phi) is 3.83. The Morgan fingerprint density at radius 3 is 2.88 bits per heavy atom. The smallest absolute Gasteiger partial charge is 0.226 e. The van der Waals surface area contributed by atoms with Gasteiger partial charge in [-0.15, -0.1) is 0 Å². The molecule has 88 valence electrons. The molecule has 0 spiro atoms. The summed E-state index contributed by atoms with van der Waals surface area (Å²) in [7, 11) is -3.34. The topological polar surface area (TPSA) is 89.3 Å². The number of hydrogen-bond acceptors (Lipinski definition) is 5. The van der Waals surface area contributed by atoms with Crippen LogP contribution in [0, 0.1) is 6.92 Å². The minimum atomic E-state index is -3.34. The highest BCUT2D eigenvalue weighted by Crippen LogP contribution is 2.07. The molecule has 16 heavy (non-hydrogen) atoms. The first-order chi connectivity index (χ1) is 7.43. The van der Waals surface area contributed by atoms with E-state index in [-0.39, 0.29) is 18.0 Å². The van der Waals surface area contributed by atoms with E-state index in [0.717, 1.165) is 5.41 Å². The molecule has 7 heteroatoms. The van der Waals surface area contributed by atoms with Crippen molar-refractivity contribution >= 4 is 21.6 Å². The average Bonchev–Trinajstić information content (AvgIpc) is 2.61. The monoisotopic (exact) mass is 244 g/mol. The van der Waals surface area contributed by atoms with Crippen molar-refractivity contribution in [2.45, 2.75) is 13.3 Å². The van der Waals surface area contributed by atoms with E-state index in [2.05, 4.69) is 17.1 Å². The Hall–Kier alpha value is -1.63. The Morgan fingerprint density at radius 2 is 2.38 bits per heavy atom. The summed E-state index contributed by atoms with van der Waals surface area (Å²) < 4.78 is 26.8. The third-order valence-electron chi connectivity index (χ3n) is 1.76. The normalized spacial score (nSPS) is 11.1. The van der Waals surface area contributed by atoms with Gasteiger partial charge in [-0.25, -0.2) is 8.42 Å². The number of nitrogens with one attached hydrogen (secondary N) is 1. The number of anilines is 1. The Bertz CT molecular complexity index is 489. The summed E-state index contributed by atoms with van der Waals surface area (Å²) in [6.07, 6.45) is -0.139. The maximum atomic E-state index is 11.3. The van der Waals surface area contributed by atoms with Gasteiger partial charge in [0, 0.05) is 17.9 Å². The molecule has 0 bridgehead atoms. The third kappa shape index (κ3) is 3.85. The average molecular weight is 244 g/mol. The zero-order valence-corrected chi connectivity index (χ0v) is 9.58. The van der Waals surface area contributed by atoms with Gasteiger partial charge in [0.05, 0.1) is 5.75 Å². The first-order valence-electron chi connectivity index (χ1n) is 4.51. The zero-order valence-electron chi connectivity index (χ0n) is 8.76. The summed E-state index contributed by atoms with van der Waals surface area (Å²) in [5.74, 6) is 0.144. The van der Waals surface area contributed by atoms with Crippen molar-refractivity contribution in [1.82, 2.24) is 5.16 Å². The third-order valence-corrected chi connectivity index (χ3v) is 3.04. The first kappa shape index (κ1) is 12.4. The van der Waals surface area contributed by atoms with Crippen LogP contribution in [0.5, 0.6) is 0 Å². The van der Waals surface area contributed by atoms with E-state index >= 15 is 0 Å². The second kappa shape index (κ2) is 4.93. The minimum Gasteiger partial charge on any atom is -0.360 e. The molecule has 0 unspecified atom stereocenters. The maximum absolute atomic E-state index is 11.3. The number of carbonyl (C=O) groups excluding carboxylic acids is 1. The summed E-state index contributed by atoms with van der Waals surface area (Å²) in [4.78, 5) is 11.3. The van der Waals surface area contributed by atoms with E-state index in [4.69, 9.17) is 4.52 Å².